The van der Waals surface area contributed by atoms with Crippen LogP contribution in [0, 0.1) is 6.92 Å². The summed E-state index contributed by atoms with van der Waals surface area (Å²) in [5, 5.41) is 0. The molecule has 0 bridgehead atoms. The van der Waals surface area contributed by atoms with Crippen molar-refractivity contribution in [1.29, 1.82) is 0 Å². The maximum Gasteiger partial charge on any atom is 0.0398 e. The zero-order valence-corrected chi connectivity index (χ0v) is 11.8. The van der Waals surface area contributed by atoms with Crippen LogP contribution in [0.4, 0.5) is 11.4 Å². The lowest BCUT2D eigenvalue weighted by molar-refractivity contribution is 0.193. The van der Waals surface area contributed by atoms with E-state index in [9.17, 15) is 0 Å². The summed E-state index contributed by atoms with van der Waals surface area (Å²) < 4.78 is 0. The number of nitrogen functional groups attached to an aromatic ring is 1. The Morgan fingerprint density at radius 3 is 2.44 bits per heavy atom. The third kappa shape index (κ3) is 2.78. The van der Waals surface area contributed by atoms with Gasteiger partial charge in [0.25, 0.3) is 0 Å². The van der Waals surface area contributed by atoms with Crippen LogP contribution in [0.25, 0.3) is 0 Å². The predicted molar refractivity (Wildman–Crippen MR) is 79.1 cm³/mol. The van der Waals surface area contributed by atoms with Crippen LogP contribution in [0.15, 0.2) is 18.2 Å². The Morgan fingerprint density at radius 1 is 1.22 bits per heavy atom. The summed E-state index contributed by atoms with van der Waals surface area (Å²) in [6, 6.07) is 6.93. The molecule has 1 heterocycles. The molecular weight excluding hydrogens is 222 g/mol. The van der Waals surface area contributed by atoms with Gasteiger partial charge in [0.15, 0.2) is 0 Å². The molecule has 1 fully saturated rings. The first-order valence-electron chi connectivity index (χ1n) is 6.97. The van der Waals surface area contributed by atoms with Gasteiger partial charge in [0.2, 0.25) is 0 Å². The summed E-state index contributed by atoms with van der Waals surface area (Å²) in [7, 11) is 0. The first-order chi connectivity index (χ1) is 8.61. The molecule has 3 nitrogen and oxygen atoms in total. The molecule has 1 aromatic carbocycles. The third-order valence-electron chi connectivity index (χ3n) is 4.09. The fourth-order valence-corrected chi connectivity index (χ4v) is 2.70. The average molecular weight is 247 g/mol. The Kier molecular flexibility index (Phi) is 4.12. The van der Waals surface area contributed by atoms with Gasteiger partial charge in [-0.05, 0) is 44.0 Å². The number of anilines is 2. The molecule has 1 aliphatic rings. The molecule has 1 aromatic rings. The highest BCUT2D eigenvalue weighted by molar-refractivity contribution is 5.59. The van der Waals surface area contributed by atoms with Crippen LogP contribution in [0.2, 0.25) is 0 Å². The SMILES string of the molecule is CCC(C)N1CCN(c2ccc(N)cc2C)CC1. The lowest BCUT2D eigenvalue weighted by Crippen LogP contribution is -2.49. The number of aryl methyl sites for hydroxylation is 1. The van der Waals surface area contributed by atoms with Crippen LogP contribution in [0.5, 0.6) is 0 Å². The van der Waals surface area contributed by atoms with Crippen molar-refractivity contribution >= 4 is 11.4 Å². The zero-order chi connectivity index (χ0) is 13.1. The van der Waals surface area contributed by atoms with Crippen molar-refractivity contribution in [2.75, 3.05) is 36.8 Å². The number of hydrogen-bond acceptors (Lipinski definition) is 3. The first-order valence-corrected chi connectivity index (χ1v) is 6.97. The summed E-state index contributed by atoms with van der Waals surface area (Å²) in [6.45, 7) is 11.3. The fraction of sp³-hybridized carbons (Fsp3) is 0.600. The minimum atomic E-state index is 0.708. The molecule has 0 saturated carbocycles. The summed E-state index contributed by atoms with van der Waals surface area (Å²) in [6.07, 6.45) is 1.24. The molecule has 2 rings (SSSR count). The van der Waals surface area contributed by atoms with Gasteiger partial charge in [-0.15, -0.1) is 0 Å². The quantitative estimate of drug-likeness (QED) is 0.833. The van der Waals surface area contributed by atoms with Gasteiger partial charge in [-0.2, -0.15) is 0 Å². The molecule has 2 N–H and O–H groups in total. The van der Waals surface area contributed by atoms with Crippen molar-refractivity contribution in [3.8, 4) is 0 Å². The van der Waals surface area contributed by atoms with Gasteiger partial charge in [0, 0.05) is 43.6 Å². The minimum Gasteiger partial charge on any atom is -0.399 e. The summed E-state index contributed by atoms with van der Waals surface area (Å²) in [5.74, 6) is 0. The second kappa shape index (κ2) is 5.61. The standard InChI is InChI=1S/C15H25N3/c1-4-13(3)17-7-9-18(10-8-17)15-6-5-14(16)11-12(15)2/h5-6,11,13H,4,7-10,16H2,1-3H3. The van der Waals surface area contributed by atoms with Crippen LogP contribution in [-0.4, -0.2) is 37.1 Å². The van der Waals surface area contributed by atoms with E-state index in [1.165, 1.54) is 30.8 Å². The van der Waals surface area contributed by atoms with Crippen LogP contribution in [0.3, 0.4) is 0 Å². The van der Waals surface area contributed by atoms with Crippen molar-refractivity contribution in [3.05, 3.63) is 23.8 Å². The van der Waals surface area contributed by atoms with E-state index in [-0.39, 0.29) is 0 Å². The van der Waals surface area contributed by atoms with Gasteiger partial charge in [-0.1, -0.05) is 6.92 Å². The Balaban J connectivity index is 2.01. The van der Waals surface area contributed by atoms with Gasteiger partial charge < -0.3 is 10.6 Å². The summed E-state index contributed by atoms with van der Waals surface area (Å²) in [5.41, 5.74) is 9.29. The van der Waals surface area contributed by atoms with Crippen LogP contribution in [-0.2, 0) is 0 Å². The van der Waals surface area contributed by atoms with Gasteiger partial charge in [-0.3, -0.25) is 4.90 Å². The van der Waals surface area contributed by atoms with Crippen LogP contribution >= 0.6 is 0 Å². The molecule has 0 spiro atoms. The number of nitrogens with zero attached hydrogens (tertiary/aromatic N) is 2. The third-order valence-corrected chi connectivity index (χ3v) is 4.09. The van der Waals surface area contributed by atoms with E-state index in [4.69, 9.17) is 5.73 Å². The highest BCUT2D eigenvalue weighted by Gasteiger charge is 2.20. The maximum atomic E-state index is 5.81. The normalized spacial score (nSPS) is 18.9. The molecular formula is C15H25N3. The maximum absolute atomic E-state index is 5.81. The molecule has 1 atom stereocenters. The van der Waals surface area contributed by atoms with E-state index in [1.807, 2.05) is 6.07 Å². The number of benzene rings is 1. The van der Waals surface area contributed by atoms with E-state index < -0.39 is 0 Å². The first kappa shape index (κ1) is 13.2. The van der Waals surface area contributed by atoms with Crippen molar-refractivity contribution < 1.29 is 0 Å². The fourth-order valence-electron chi connectivity index (χ4n) is 2.70. The largest absolute Gasteiger partial charge is 0.399 e. The van der Waals surface area contributed by atoms with E-state index >= 15 is 0 Å². The van der Waals surface area contributed by atoms with Crippen LogP contribution < -0.4 is 10.6 Å². The molecule has 0 radical (unpaired) electrons. The second-order valence-corrected chi connectivity index (χ2v) is 5.33. The average Bonchev–Trinajstić information content (AvgIpc) is 2.38. The van der Waals surface area contributed by atoms with Crippen molar-refractivity contribution in [2.24, 2.45) is 0 Å². The monoisotopic (exact) mass is 247 g/mol. The molecule has 1 aliphatic heterocycles. The van der Waals surface area contributed by atoms with E-state index in [1.54, 1.807) is 0 Å². The number of nitrogens with two attached hydrogens (primary N) is 1. The van der Waals surface area contributed by atoms with Gasteiger partial charge in [-0.25, -0.2) is 0 Å². The Labute approximate surface area is 111 Å². The van der Waals surface area contributed by atoms with Crippen molar-refractivity contribution in [2.45, 2.75) is 33.2 Å². The topological polar surface area (TPSA) is 32.5 Å². The molecule has 0 aliphatic carbocycles. The van der Waals surface area contributed by atoms with Gasteiger partial charge in [0.05, 0.1) is 0 Å². The van der Waals surface area contributed by atoms with Gasteiger partial charge >= 0.3 is 0 Å². The predicted octanol–water partition coefficient (Wildman–Crippen LogP) is 2.50. The number of rotatable bonds is 3. The molecule has 100 valence electrons. The Morgan fingerprint density at radius 2 is 1.89 bits per heavy atom. The number of hydrogen-bond donors (Lipinski definition) is 1. The lowest BCUT2D eigenvalue weighted by Gasteiger charge is -2.39. The lowest BCUT2D eigenvalue weighted by atomic mass is 10.1. The van der Waals surface area contributed by atoms with Gasteiger partial charge in [0.1, 0.15) is 0 Å². The molecule has 1 unspecified atom stereocenters. The molecule has 0 aromatic heterocycles. The summed E-state index contributed by atoms with van der Waals surface area (Å²) >= 11 is 0. The van der Waals surface area contributed by atoms with E-state index in [0.29, 0.717) is 6.04 Å². The molecule has 1 saturated heterocycles. The molecule has 3 heteroatoms. The zero-order valence-electron chi connectivity index (χ0n) is 11.8. The second-order valence-electron chi connectivity index (χ2n) is 5.33. The van der Waals surface area contributed by atoms with E-state index in [0.717, 1.165) is 18.8 Å². The minimum absolute atomic E-state index is 0.708. The van der Waals surface area contributed by atoms with Crippen molar-refractivity contribution in [3.63, 3.8) is 0 Å². The Bertz CT molecular complexity index is 395. The van der Waals surface area contributed by atoms with E-state index in [2.05, 4.69) is 42.7 Å². The highest BCUT2D eigenvalue weighted by Crippen LogP contribution is 2.24. The smallest absolute Gasteiger partial charge is 0.0398 e. The van der Waals surface area contributed by atoms with Crippen molar-refractivity contribution in [1.82, 2.24) is 4.90 Å². The number of piperazine rings is 1. The molecule has 0 amide bonds. The highest BCUT2D eigenvalue weighted by atomic mass is 15.3. The summed E-state index contributed by atoms with van der Waals surface area (Å²) in [4.78, 5) is 5.07. The van der Waals surface area contributed by atoms with Crippen LogP contribution in [0.1, 0.15) is 25.8 Å². The Hall–Kier alpha value is -1.22. The molecule has 18 heavy (non-hydrogen) atoms.